The van der Waals surface area contributed by atoms with E-state index in [4.69, 9.17) is 19.7 Å². The highest BCUT2D eigenvalue weighted by Crippen LogP contribution is 2.49. The molecular formula is C33H29F4N3O6. The van der Waals surface area contributed by atoms with Crippen molar-refractivity contribution in [2.75, 3.05) is 13.2 Å². The van der Waals surface area contributed by atoms with Crippen LogP contribution in [0.15, 0.2) is 65.4 Å². The molecule has 1 fully saturated rings. The first-order valence-corrected chi connectivity index (χ1v) is 14.4. The van der Waals surface area contributed by atoms with E-state index in [-0.39, 0.29) is 40.7 Å². The average molecular weight is 640 g/mol. The van der Waals surface area contributed by atoms with Crippen molar-refractivity contribution < 1.29 is 46.3 Å². The van der Waals surface area contributed by atoms with Crippen LogP contribution in [-0.4, -0.2) is 47.5 Å². The van der Waals surface area contributed by atoms with Crippen LogP contribution in [0.4, 0.5) is 17.6 Å². The van der Waals surface area contributed by atoms with Crippen molar-refractivity contribution in [3.05, 3.63) is 89.1 Å². The number of aliphatic hydroxyl groups is 1. The number of carbonyl (C=O) groups is 2. The van der Waals surface area contributed by atoms with Gasteiger partial charge in [0.15, 0.2) is 0 Å². The molecule has 1 aliphatic carbocycles. The largest absolute Gasteiger partial charge is 0.491 e. The second kappa shape index (κ2) is 11.2. The number of ether oxygens (including phenoxy) is 2. The van der Waals surface area contributed by atoms with Crippen molar-refractivity contribution in [3.8, 4) is 33.8 Å². The maximum atomic E-state index is 14.8. The number of carbonyl (C=O) groups excluding carboxylic acids is 2. The Morgan fingerprint density at radius 3 is 2.41 bits per heavy atom. The van der Waals surface area contributed by atoms with Crippen LogP contribution in [0.1, 0.15) is 46.9 Å². The number of aryl methyl sites for hydroxylation is 1. The maximum Gasteiger partial charge on any atom is 0.423 e. The first-order chi connectivity index (χ1) is 21.7. The highest BCUT2D eigenvalue weighted by molar-refractivity contribution is 5.96. The SMILES string of the molecule is Cc1nocc1-c1ccc(C(=O)NCC(O)(c2cc(-c3ccc(F)cc3)c3c(c2)[C@@](C)(C(N)=O)CO3)C(F)(F)F)cc1OC1CC1. The number of fused-ring (bicyclic) bond motifs is 1. The smallest absolute Gasteiger partial charge is 0.423 e. The van der Waals surface area contributed by atoms with Gasteiger partial charge in [-0.1, -0.05) is 17.3 Å². The van der Waals surface area contributed by atoms with Crippen molar-refractivity contribution in [1.82, 2.24) is 10.5 Å². The summed E-state index contributed by atoms with van der Waals surface area (Å²) < 4.78 is 74.8. The highest BCUT2D eigenvalue weighted by atomic mass is 19.4. The molecule has 2 heterocycles. The molecule has 2 amide bonds. The van der Waals surface area contributed by atoms with Crippen LogP contribution < -0.4 is 20.5 Å². The van der Waals surface area contributed by atoms with Crippen LogP contribution in [0.3, 0.4) is 0 Å². The van der Waals surface area contributed by atoms with E-state index >= 15 is 0 Å². The number of benzene rings is 3. The number of nitrogens with zero attached hydrogens (tertiary/aromatic N) is 1. The molecule has 0 bridgehead atoms. The van der Waals surface area contributed by atoms with E-state index in [9.17, 15) is 32.3 Å². The molecule has 1 unspecified atom stereocenters. The molecule has 4 N–H and O–H groups in total. The van der Waals surface area contributed by atoms with Crippen molar-refractivity contribution in [2.24, 2.45) is 5.73 Å². The Bertz CT molecular complexity index is 1840. The molecule has 2 aliphatic rings. The number of nitrogens with two attached hydrogens (primary N) is 1. The third kappa shape index (κ3) is 5.44. The van der Waals surface area contributed by atoms with E-state index in [2.05, 4.69) is 10.5 Å². The highest BCUT2D eigenvalue weighted by Gasteiger charge is 2.56. The number of alkyl halides is 3. The summed E-state index contributed by atoms with van der Waals surface area (Å²) in [6.07, 6.45) is -2.29. The summed E-state index contributed by atoms with van der Waals surface area (Å²) in [7, 11) is 0. The average Bonchev–Trinajstić information content (AvgIpc) is 3.62. The predicted octanol–water partition coefficient (Wildman–Crippen LogP) is 5.31. The minimum atomic E-state index is -5.30. The Kier molecular flexibility index (Phi) is 7.54. The fourth-order valence-electron chi connectivity index (χ4n) is 5.35. The zero-order valence-electron chi connectivity index (χ0n) is 24.7. The number of primary amides is 1. The van der Waals surface area contributed by atoms with Gasteiger partial charge >= 0.3 is 6.18 Å². The first-order valence-electron chi connectivity index (χ1n) is 14.4. The molecule has 4 aromatic rings. The summed E-state index contributed by atoms with van der Waals surface area (Å²) in [6.45, 7) is 1.61. The van der Waals surface area contributed by atoms with Gasteiger partial charge in [0, 0.05) is 27.8 Å². The van der Waals surface area contributed by atoms with Crippen LogP contribution in [0.2, 0.25) is 0 Å². The third-order valence-corrected chi connectivity index (χ3v) is 8.44. The summed E-state index contributed by atoms with van der Waals surface area (Å²) in [4.78, 5) is 25.7. The molecule has 13 heteroatoms. The Hall–Kier alpha value is -4.91. The number of halogens is 4. The van der Waals surface area contributed by atoms with Crippen molar-refractivity contribution in [2.45, 2.75) is 50.0 Å². The van der Waals surface area contributed by atoms with E-state index in [0.29, 0.717) is 22.6 Å². The zero-order chi connectivity index (χ0) is 33.0. The molecule has 1 aromatic heterocycles. The summed E-state index contributed by atoms with van der Waals surface area (Å²) in [5, 5.41) is 17.4. The minimum absolute atomic E-state index is 0.00584. The number of aromatic nitrogens is 1. The monoisotopic (exact) mass is 639 g/mol. The van der Waals surface area contributed by atoms with Gasteiger partial charge in [-0.2, -0.15) is 13.2 Å². The second-order valence-electron chi connectivity index (χ2n) is 11.8. The van der Waals surface area contributed by atoms with Crippen LogP contribution in [-0.2, 0) is 15.8 Å². The fourth-order valence-corrected chi connectivity index (χ4v) is 5.35. The molecule has 3 aromatic carbocycles. The van der Waals surface area contributed by atoms with E-state index in [1.54, 1.807) is 13.0 Å². The quantitative estimate of drug-likeness (QED) is 0.211. The molecule has 240 valence electrons. The topological polar surface area (TPSA) is 137 Å². The lowest BCUT2D eigenvalue weighted by Crippen LogP contribution is -2.51. The number of hydrogen-bond acceptors (Lipinski definition) is 7. The van der Waals surface area contributed by atoms with E-state index in [1.807, 2.05) is 0 Å². The van der Waals surface area contributed by atoms with Crippen molar-refractivity contribution in [1.29, 1.82) is 0 Å². The van der Waals surface area contributed by atoms with Gasteiger partial charge in [0.1, 0.15) is 35.6 Å². The van der Waals surface area contributed by atoms with Gasteiger partial charge in [-0.05, 0) is 80.3 Å². The molecule has 0 saturated heterocycles. The fraction of sp³-hybridized carbons (Fsp3) is 0.303. The van der Waals surface area contributed by atoms with Crippen LogP contribution in [0, 0.1) is 12.7 Å². The van der Waals surface area contributed by atoms with E-state index < -0.39 is 46.9 Å². The van der Waals surface area contributed by atoms with Gasteiger partial charge in [0.05, 0.1) is 18.3 Å². The van der Waals surface area contributed by atoms with Gasteiger partial charge in [-0.15, -0.1) is 0 Å². The molecule has 6 rings (SSSR count). The van der Waals surface area contributed by atoms with Gasteiger partial charge in [0.2, 0.25) is 11.5 Å². The molecule has 46 heavy (non-hydrogen) atoms. The molecule has 9 nitrogen and oxygen atoms in total. The Labute approximate surface area is 260 Å². The normalized spacial score (nSPS) is 18.8. The van der Waals surface area contributed by atoms with Gasteiger partial charge < -0.3 is 30.2 Å². The Morgan fingerprint density at radius 2 is 1.80 bits per heavy atom. The summed E-state index contributed by atoms with van der Waals surface area (Å²) in [5.41, 5.74) is 1.98. The predicted molar refractivity (Wildman–Crippen MR) is 156 cm³/mol. The minimum Gasteiger partial charge on any atom is -0.491 e. The summed E-state index contributed by atoms with van der Waals surface area (Å²) >= 11 is 0. The Balaban J connectivity index is 1.37. The number of nitrogens with one attached hydrogen (secondary N) is 1. The molecule has 1 saturated carbocycles. The van der Waals surface area contributed by atoms with Gasteiger partial charge in [-0.25, -0.2) is 4.39 Å². The number of amides is 2. The molecule has 2 atom stereocenters. The zero-order valence-corrected chi connectivity index (χ0v) is 24.7. The summed E-state index contributed by atoms with van der Waals surface area (Å²) in [6, 6.07) is 11.4. The van der Waals surface area contributed by atoms with Crippen molar-refractivity contribution >= 4 is 11.8 Å². The maximum absolute atomic E-state index is 14.8. The lowest BCUT2D eigenvalue weighted by molar-refractivity contribution is -0.263. The summed E-state index contributed by atoms with van der Waals surface area (Å²) in [5.74, 6) is -1.92. The first kappa shape index (κ1) is 31.1. The van der Waals surface area contributed by atoms with Crippen molar-refractivity contribution in [3.63, 3.8) is 0 Å². The van der Waals surface area contributed by atoms with E-state index in [0.717, 1.165) is 37.1 Å². The number of rotatable bonds is 9. The van der Waals surface area contributed by atoms with Gasteiger partial charge in [0.25, 0.3) is 5.91 Å². The molecule has 0 radical (unpaired) electrons. The van der Waals surface area contributed by atoms with Crippen LogP contribution in [0.25, 0.3) is 22.3 Å². The lowest BCUT2D eigenvalue weighted by Gasteiger charge is -2.32. The standard InChI is InChI=1S/C33H29F4N3O6/c1-17-25(14-45-40-17)23-10-5-19(11-27(23)46-22-8-9-22)29(41)39-15-32(43,33(35,36)37)20-12-24(18-3-6-21(34)7-4-18)28-26(13-20)31(2,16-44-28)30(38)42/h3-7,10-14,22,43H,8-9,15-16H2,1-2H3,(H2,38,42)(H,39,41)/t31-,32?/m0/s1. The molecule has 1 aliphatic heterocycles. The number of hydrogen-bond donors (Lipinski definition) is 3. The molecular weight excluding hydrogens is 610 g/mol. The lowest BCUT2D eigenvalue weighted by atomic mass is 9.79. The second-order valence-corrected chi connectivity index (χ2v) is 11.8. The molecule has 0 spiro atoms. The van der Waals surface area contributed by atoms with Crippen LogP contribution >= 0.6 is 0 Å². The van der Waals surface area contributed by atoms with E-state index in [1.165, 1.54) is 37.5 Å². The van der Waals surface area contributed by atoms with Crippen LogP contribution in [0.5, 0.6) is 11.5 Å². The van der Waals surface area contributed by atoms with Gasteiger partial charge in [-0.3, -0.25) is 9.59 Å². The third-order valence-electron chi connectivity index (χ3n) is 8.44. The Morgan fingerprint density at radius 1 is 1.09 bits per heavy atom.